The normalized spacial score (nSPS) is 10.1. The van der Waals surface area contributed by atoms with Crippen LogP contribution in [-0.2, 0) is 16.0 Å². The minimum atomic E-state index is -0.255. The molecule has 2 nitrogen and oxygen atoms in total. The van der Waals surface area contributed by atoms with Gasteiger partial charge in [-0.05, 0) is 30.5 Å². The van der Waals surface area contributed by atoms with Crippen LogP contribution in [0.15, 0.2) is 24.3 Å². The molecule has 0 saturated heterocycles. The monoisotopic (exact) mass is 224 g/mol. The Morgan fingerprint density at radius 1 is 1.31 bits per heavy atom. The number of hydrogen-bond acceptors (Lipinski definition) is 2. The zero-order valence-corrected chi connectivity index (χ0v) is 9.54. The third-order valence-corrected chi connectivity index (χ3v) is 2.29. The van der Waals surface area contributed by atoms with Crippen molar-refractivity contribution in [3.05, 3.63) is 35.6 Å². The largest absolute Gasteiger partial charge is 0.466 e. The number of aryl methyl sites for hydroxylation is 1. The van der Waals surface area contributed by atoms with Gasteiger partial charge in [0.05, 0.1) is 6.61 Å². The van der Waals surface area contributed by atoms with E-state index in [9.17, 15) is 9.18 Å². The van der Waals surface area contributed by atoms with E-state index in [0.29, 0.717) is 19.4 Å². The summed E-state index contributed by atoms with van der Waals surface area (Å²) in [6.07, 6.45) is 2.88. The van der Waals surface area contributed by atoms with Crippen molar-refractivity contribution < 1.29 is 13.9 Å². The number of unbranched alkanes of at least 4 members (excludes halogenated alkanes) is 1. The van der Waals surface area contributed by atoms with Gasteiger partial charge in [-0.25, -0.2) is 4.39 Å². The lowest BCUT2D eigenvalue weighted by Gasteiger charge is -2.03. The molecule has 16 heavy (non-hydrogen) atoms. The second-order valence-electron chi connectivity index (χ2n) is 3.70. The van der Waals surface area contributed by atoms with Crippen LogP contribution < -0.4 is 0 Å². The molecular formula is C13H17FO2. The summed E-state index contributed by atoms with van der Waals surface area (Å²) in [6.45, 7) is 2.55. The van der Waals surface area contributed by atoms with Crippen molar-refractivity contribution in [2.75, 3.05) is 6.61 Å². The molecule has 0 fully saturated rings. The lowest BCUT2D eigenvalue weighted by atomic mass is 10.1. The lowest BCUT2D eigenvalue weighted by Crippen LogP contribution is -2.06. The fraction of sp³-hybridized carbons (Fsp3) is 0.462. The van der Waals surface area contributed by atoms with Gasteiger partial charge in [0.25, 0.3) is 0 Å². The van der Waals surface area contributed by atoms with Gasteiger partial charge in [-0.3, -0.25) is 4.79 Å². The maximum Gasteiger partial charge on any atom is 0.306 e. The number of halogens is 1. The highest BCUT2D eigenvalue weighted by Gasteiger charge is 2.03. The molecule has 0 aliphatic rings. The first-order chi connectivity index (χ1) is 7.72. The maximum atomic E-state index is 12.6. The van der Waals surface area contributed by atoms with Crippen molar-refractivity contribution >= 4 is 5.97 Å². The fourth-order valence-electron chi connectivity index (χ4n) is 1.30. The van der Waals surface area contributed by atoms with Crippen LogP contribution in [-0.4, -0.2) is 12.6 Å². The molecule has 1 aromatic carbocycles. The van der Waals surface area contributed by atoms with Gasteiger partial charge in [-0.1, -0.05) is 25.5 Å². The second-order valence-corrected chi connectivity index (χ2v) is 3.70. The molecule has 0 atom stereocenters. The molecule has 0 saturated carbocycles. The van der Waals surface area contributed by atoms with Crippen LogP contribution in [0.3, 0.4) is 0 Å². The van der Waals surface area contributed by atoms with Gasteiger partial charge in [-0.15, -0.1) is 0 Å². The first kappa shape index (κ1) is 12.7. The molecule has 0 heterocycles. The number of benzene rings is 1. The van der Waals surface area contributed by atoms with Gasteiger partial charge in [0.2, 0.25) is 0 Å². The van der Waals surface area contributed by atoms with Crippen LogP contribution in [0.25, 0.3) is 0 Å². The molecule has 88 valence electrons. The smallest absolute Gasteiger partial charge is 0.306 e. The van der Waals surface area contributed by atoms with E-state index in [1.165, 1.54) is 12.1 Å². The molecule has 0 aromatic heterocycles. The fourth-order valence-corrected chi connectivity index (χ4v) is 1.30. The Hall–Kier alpha value is -1.38. The van der Waals surface area contributed by atoms with Crippen molar-refractivity contribution in [2.24, 2.45) is 0 Å². The molecule has 0 unspecified atom stereocenters. The molecule has 0 bridgehead atoms. The highest BCUT2D eigenvalue weighted by Crippen LogP contribution is 2.06. The Bertz CT molecular complexity index is 319. The first-order valence-electron chi connectivity index (χ1n) is 5.62. The third-order valence-electron chi connectivity index (χ3n) is 2.29. The van der Waals surface area contributed by atoms with E-state index in [-0.39, 0.29) is 11.8 Å². The van der Waals surface area contributed by atoms with Crippen molar-refractivity contribution in [1.82, 2.24) is 0 Å². The van der Waals surface area contributed by atoms with Crippen LogP contribution in [0.4, 0.5) is 4.39 Å². The summed E-state index contributed by atoms with van der Waals surface area (Å²) in [4.78, 5) is 11.3. The summed E-state index contributed by atoms with van der Waals surface area (Å²) in [5.74, 6) is -0.438. The van der Waals surface area contributed by atoms with Crippen LogP contribution in [0.1, 0.15) is 31.7 Å². The molecule has 1 rings (SSSR count). The summed E-state index contributed by atoms with van der Waals surface area (Å²) in [5, 5.41) is 0. The number of hydrogen-bond donors (Lipinski definition) is 0. The van der Waals surface area contributed by atoms with Crippen molar-refractivity contribution in [2.45, 2.75) is 32.6 Å². The van der Waals surface area contributed by atoms with E-state index in [0.717, 1.165) is 18.4 Å². The van der Waals surface area contributed by atoms with Crippen LogP contribution in [0.5, 0.6) is 0 Å². The van der Waals surface area contributed by atoms with Gasteiger partial charge in [0.15, 0.2) is 0 Å². The van der Waals surface area contributed by atoms with Crippen LogP contribution >= 0.6 is 0 Å². The molecule has 0 aliphatic heterocycles. The van der Waals surface area contributed by atoms with E-state index in [4.69, 9.17) is 4.74 Å². The lowest BCUT2D eigenvalue weighted by molar-refractivity contribution is -0.143. The number of rotatable bonds is 6. The SMILES string of the molecule is CCCCOC(=O)CCc1ccc(F)cc1. The number of carbonyl (C=O) groups excluding carboxylic acids is 1. The summed E-state index contributed by atoms with van der Waals surface area (Å²) in [7, 11) is 0. The van der Waals surface area contributed by atoms with Crippen LogP contribution in [0.2, 0.25) is 0 Å². The van der Waals surface area contributed by atoms with E-state index < -0.39 is 0 Å². The van der Waals surface area contributed by atoms with Crippen LogP contribution in [0, 0.1) is 5.82 Å². The van der Waals surface area contributed by atoms with Crippen molar-refractivity contribution in [1.29, 1.82) is 0 Å². The maximum absolute atomic E-state index is 12.6. The Balaban J connectivity index is 2.23. The summed E-state index contributed by atoms with van der Waals surface area (Å²) >= 11 is 0. The average Bonchev–Trinajstić information content (AvgIpc) is 2.29. The Morgan fingerprint density at radius 2 is 2.00 bits per heavy atom. The molecule has 0 spiro atoms. The van der Waals surface area contributed by atoms with E-state index in [1.807, 2.05) is 6.92 Å². The molecule has 3 heteroatoms. The Kier molecular flexibility index (Phi) is 5.54. The number of ether oxygens (including phenoxy) is 1. The zero-order chi connectivity index (χ0) is 11.8. The predicted octanol–water partition coefficient (Wildman–Crippen LogP) is 3.10. The molecule has 0 aliphatic carbocycles. The minimum absolute atomic E-state index is 0.183. The average molecular weight is 224 g/mol. The Morgan fingerprint density at radius 3 is 2.62 bits per heavy atom. The highest BCUT2D eigenvalue weighted by molar-refractivity contribution is 5.69. The van der Waals surface area contributed by atoms with Crippen molar-refractivity contribution in [3.63, 3.8) is 0 Å². The third kappa shape index (κ3) is 4.91. The molecule has 0 amide bonds. The quantitative estimate of drug-likeness (QED) is 0.548. The van der Waals surface area contributed by atoms with E-state index in [1.54, 1.807) is 12.1 Å². The zero-order valence-electron chi connectivity index (χ0n) is 9.54. The topological polar surface area (TPSA) is 26.3 Å². The van der Waals surface area contributed by atoms with Gasteiger partial charge in [-0.2, -0.15) is 0 Å². The molecule has 0 radical (unpaired) electrons. The molecule has 0 N–H and O–H groups in total. The van der Waals surface area contributed by atoms with E-state index in [2.05, 4.69) is 0 Å². The predicted molar refractivity (Wildman–Crippen MR) is 60.6 cm³/mol. The second kappa shape index (κ2) is 6.99. The number of carbonyl (C=O) groups is 1. The van der Waals surface area contributed by atoms with Crippen molar-refractivity contribution in [3.8, 4) is 0 Å². The molecule has 1 aromatic rings. The van der Waals surface area contributed by atoms with E-state index >= 15 is 0 Å². The first-order valence-corrected chi connectivity index (χ1v) is 5.62. The molecular weight excluding hydrogens is 207 g/mol. The van der Waals surface area contributed by atoms with Gasteiger partial charge in [0, 0.05) is 6.42 Å². The van der Waals surface area contributed by atoms with Gasteiger partial charge in [0.1, 0.15) is 5.82 Å². The summed E-state index contributed by atoms with van der Waals surface area (Å²) < 4.78 is 17.6. The summed E-state index contributed by atoms with van der Waals surface area (Å²) in [6, 6.07) is 6.18. The highest BCUT2D eigenvalue weighted by atomic mass is 19.1. The number of esters is 1. The van der Waals surface area contributed by atoms with Gasteiger partial charge < -0.3 is 4.74 Å². The van der Waals surface area contributed by atoms with Gasteiger partial charge >= 0.3 is 5.97 Å². The minimum Gasteiger partial charge on any atom is -0.466 e. The Labute approximate surface area is 95.4 Å². The summed E-state index contributed by atoms with van der Waals surface area (Å²) in [5.41, 5.74) is 0.953. The standard InChI is InChI=1S/C13H17FO2/c1-2-3-10-16-13(15)9-6-11-4-7-12(14)8-5-11/h4-5,7-8H,2-3,6,9-10H2,1H3.